The lowest BCUT2D eigenvalue weighted by atomic mass is 9.95. The van der Waals surface area contributed by atoms with Crippen molar-refractivity contribution in [2.24, 2.45) is 11.0 Å². The standard InChI is InChI=1S/C24H27FN4O2/c1-16(21-13-28(14-21)18(3)30)29(22-8-6-5-7-9-22)15-20-11-10-19(12-23(20)25)24-27(4)26-17(2)31-24/h5-12,21,24H,1,13-15H2,2-4H3. The summed E-state index contributed by atoms with van der Waals surface area (Å²) in [6.07, 6.45) is -0.420. The maximum atomic E-state index is 15.1. The molecule has 0 spiro atoms. The van der Waals surface area contributed by atoms with Crippen molar-refractivity contribution in [2.75, 3.05) is 25.0 Å². The molecule has 162 valence electrons. The summed E-state index contributed by atoms with van der Waals surface area (Å²) < 4.78 is 20.8. The van der Waals surface area contributed by atoms with Crippen LogP contribution in [0, 0.1) is 11.7 Å². The van der Waals surface area contributed by atoms with Gasteiger partial charge in [-0.3, -0.25) is 9.80 Å². The summed E-state index contributed by atoms with van der Waals surface area (Å²) in [5.74, 6) is 0.484. The van der Waals surface area contributed by atoms with Crippen LogP contribution in [0.3, 0.4) is 0 Å². The fourth-order valence-corrected chi connectivity index (χ4v) is 3.97. The van der Waals surface area contributed by atoms with Crippen molar-refractivity contribution >= 4 is 17.5 Å². The SMILES string of the molecule is C=C(C1CN(C(C)=O)C1)N(Cc1ccc(C2OC(C)=NN2C)cc1F)c1ccccc1. The zero-order valence-electron chi connectivity index (χ0n) is 18.1. The van der Waals surface area contributed by atoms with Gasteiger partial charge in [-0.25, -0.2) is 4.39 Å². The molecule has 0 bridgehead atoms. The zero-order chi connectivity index (χ0) is 22.1. The van der Waals surface area contributed by atoms with Crippen LogP contribution in [0.5, 0.6) is 0 Å². The van der Waals surface area contributed by atoms with E-state index in [4.69, 9.17) is 4.74 Å². The van der Waals surface area contributed by atoms with Gasteiger partial charge in [0.2, 0.25) is 18.0 Å². The number of hydrazone groups is 1. The highest BCUT2D eigenvalue weighted by atomic mass is 19.1. The number of amides is 1. The van der Waals surface area contributed by atoms with Gasteiger partial charge < -0.3 is 14.5 Å². The topological polar surface area (TPSA) is 48.4 Å². The molecule has 0 saturated carbocycles. The first kappa shape index (κ1) is 20.9. The van der Waals surface area contributed by atoms with Crippen LogP contribution in [0.25, 0.3) is 0 Å². The maximum absolute atomic E-state index is 15.1. The van der Waals surface area contributed by atoms with Crippen molar-refractivity contribution in [3.63, 3.8) is 0 Å². The third-order valence-electron chi connectivity index (χ3n) is 5.82. The highest BCUT2D eigenvalue weighted by Crippen LogP contribution is 2.32. The second-order valence-corrected chi connectivity index (χ2v) is 8.05. The number of ether oxygens (including phenoxy) is 1. The number of carbonyl (C=O) groups is 1. The quantitative estimate of drug-likeness (QED) is 0.703. The molecule has 2 heterocycles. The molecule has 6 nitrogen and oxygen atoms in total. The molecular formula is C24H27FN4O2. The van der Waals surface area contributed by atoms with E-state index in [1.54, 1.807) is 36.9 Å². The Kier molecular flexibility index (Phi) is 5.67. The number of carbonyl (C=O) groups excluding carboxylic acids is 1. The fraction of sp³-hybridized carbons (Fsp3) is 0.333. The average molecular weight is 423 g/mol. The van der Waals surface area contributed by atoms with E-state index in [-0.39, 0.29) is 17.6 Å². The predicted octanol–water partition coefficient (Wildman–Crippen LogP) is 4.12. The number of para-hydroxylation sites is 1. The molecule has 0 N–H and O–H groups in total. The van der Waals surface area contributed by atoms with Gasteiger partial charge in [0.1, 0.15) is 5.82 Å². The number of likely N-dealkylation sites (tertiary alicyclic amines) is 1. The highest BCUT2D eigenvalue weighted by Gasteiger charge is 2.33. The zero-order valence-corrected chi connectivity index (χ0v) is 18.1. The lowest BCUT2D eigenvalue weighted by molar-refractivity contribution is -0.134. The van der Waals surface area contributed by atoms with Crippen molar-refractivity contribution in [1.82, 2.24) is 9.91 Å². The van der Waals surface area contributed by atoms with Gasteiger partial charge in [-0.1, -0.05) is 36.9 Å². The van der Waals surface area contributed by atoms with Crippen LogP contribution < -0.4 is 4.90 Å². The third kappa shape index (κ3) is 4.26. The third-order valence-corrected chi connectivity index (χ3v) is 5.82. The van der Waals surface area contributed by atoms with E-state index in [1.165, 1.54) is 6.07 Å². The van der Waals surface area contributed by atoms with Gasteiger partial charge in [0.05, 0.1) is 6.54 Å². The molecule has 4 rings (SSSR count). The first-order valence-corrected chi connectivity index (χ1v) is 10.3. The molecule has 0 aliphatic carbocycles. The summed E-state index contributed by atoms with van der Waals surface area (Å²) in [5.41, 5.74) is 3.11. The second-order valence-electron chi connectivity index (χ2n) is 8.05. The molecule has 1 unspecified atom stereocenters. The molecule has 2 aromatic rings. The molecule has 0 aromatic heterocycles. The molecule has 1 fully saturated rings. The summed E-state index contributed by atoms with van der Waals surface area (Å²) in [6, 6.07) is 15.0. The van der Waals surface area contributed by atoms with Crippen LogP contribution in [-0.4, -0.2) is 41.9 Å². The predicted molar refractivity (Wildman–Crippen MR) is 119 cm³/mol. The normalized spacial score (nSPS) is 18.3. The van der Waals surface area contributed by atoms with Gasteiger partial charge in [0.15, 0.2) is 0 Å². The molecule has 7 heteroatoms. The van der Waals surface area contributed by atoms with E-state index >= 15 is 4.39 Å². The maximum Gasteiger partial charge on any atom is 0.219 e. The van der Waals surface area contributed by atoms with E-state index in [9.17, 15) is 4.79 Å². The molecule has 2 aliphatic heterocycles. The molecule has 31 heavy (non-hydrogen) atoms. The lowest BCUT2D eigenvalue weighted by Gasteiger charge is -2.43. The number of anilines is 1. The summed E-state index contributed by atoms with van der Waals surface area (Å²) in [6.45, 7) is 9.28. The first-order valence-electron chi connectivity index (χ1n) is 10.3. The molecule has 1 amide bonds. The highest BCUT2D eigenvalue weighted by molar-refractivity contribution is 5.74. The average Bonchev–Trinajstić information content (AvgIpc) is 3.04. The molecular weight excluding hydrogens is 395 g/mol. The fourth-order valence-electron chi connectivity index (χ4n) is 3.97. The van der Waals surface area contributed by atoms with Crippen LogP contribution in [0.1, 0.15) is 31.2 Å². The van der Waals surface area contributed by atoms with Crippen molar-refractivity contribution in [3.05, 3.63) is 77.8 Å². The van der Waals surface area contributed by atoms with Gasteiger partial charge in [-0.2, -0.15) is 0 Å². The summed E-state index contributed by atoms with van der Waals surface area (Å²) in [7, 11) is 1.80. The minimum Gasteiger partial charge on any atom is -0.450 e. The number of halogens is 1. The van der Waals surface area contributed by atoms with Gasteiger partial charge in [-0.15, -0.1) is 5.10 Å². The Bertz CT molecular complexity index is 1020. The van der Waals surface area contributed by atoms with Crippen molar-refractivity contribution in [1.29, 1.82) is 0 Å². The summed E-state index contributed by atoms with van der Waals surface area (Å²) in [5, 5.41) is 5.90. The van der Waals surface area contributed by atoms with Crippen LogP contribution in [0.2, 0.25) is 0 Å². The van der Waals surface area contributed by atoms with Crippen molar-refractivity contribution in [2.45, 2.75) is 26.6 Å². The Morgan fingerprint density at radius 3 is 2.55 bits per heavy atom. The largest absolute Gasteiger partial charge is 0.450 e. The van der Waals surface area contributed by atoms with E-state index in [0.29, 0.717) is 36.7 Å². The summed E-state index contributed by atoms with van der Waals surface area (Å²) in [4.78, 5) is 15.4. The molecule has 1 saturated heterocycles. The van der Waals surface area contributed by atoms with E-state index in [1.807, 2.05) is 41.3 Å². The lowest BCUT2D eigenvalue weighted by Crippen LogP contribution is -2.51. The molecule has 1 atom stereocenters. The Labute approximate surface area is 182 Å². The number of rotatable bonds is 6. The molecule has 2 aromatic carbocycles. The summed E-state index contributed by atoms with van der Waals surface area (Å²) >= 11 is 0. The minimum atomic E-state index is -0.420. The Hall–Kier alpha value is -3.35. The number of nitrogens with zero attached hydrogens (tertiary/aromatic N) is 4. The van der Waals surface area contributed by atoms with E-state index < -0.39 is 6.23 Å². The van der Waals surface area contributed by atoms with E-state index in [2.05, 4.69) is 11.7 Å². The first-order chi connectivity index (χ1) is 14.8. The molecule has 2 aliphatic rings. The van der Waals surface area contributed by atoms with Gasteiger partial charge in [0, 0.05) is 62.4 Å². The monoisotopic (exact) mass is 422 g/mol. The smallest absolute Gasteiger partial charge is 0.219 e. The van der Waals surface area contributed by atoms with Gasteiger partial charge in [-0.05, 0) is 18.2 Å². The van der Waals surface area contributed by atoms with Crippen LogP contribution >= 0.6 is 0 Å². The van der Waals surface area contributed by atoms with E-state index in [0.717, 1.165) is 11.4 Å². The number of hydrogen-bond donors (Lipinski definition) is 0. The van der Waals surface area contributed by atoms with Gasteiger partial charge >= 0.3 is 0 Å². The Balaban J connectivity index is 1.55. The number of hydrogen-bond acceptors (Lipinski definition) is 5. The van der Waals surface area contributed by atoms with Crippen LogP contribution in [-0.2, 0) is 16.1 Å². The van der Waals surface area contributed by atoms with Gasteiger partial charge in [0.25, 0.3) is 0 Å². The van der Waals surface area contributed by atoms with Crippen molar-refractivity contribution < 1.29 is 13.9 Å². The Morgan fingerprint density at radius 1 is 1.26 bits per heavy atom. The van der Waals surface area contributed by atoms with Crippen LogP contribution in [0.15, 0.2) is 65.9 Å². The minimum absolute atomic E-state index is 0.0651. The Morgan fingerprint density at radius 2 is 1.97 bits per heavy atom. The molecule has 0 radical (unpaired) electrons. The number of benzene rings is 2. The van der Waals surface area contributed by atoms with Crippen molar-refractivity contribution in [3.8, 4) is 0 Å². The van der Waals surface area contributed by atoms with Crippen LogP contribution in [0.4, 0.5) is 10.1 Å². The second kappa shape index (κ2) is 8.41.